The summed E-state index contributed by atoms with van der Waals surface area (Å²) >= 11 is 0. The summed E-state index contributed by atoms with van der Waals surface area (Å²) in [5.41, 5.74) is 0.0836. The third kappa shape index (κ3) is 2.90. The smallest absolute Gasteiger partial charge is 0.334 e. The molecule has 0 radical (unpaired) electrons. The van der Waals surface area contributed by atoms with Crippen LogP contribution in [0.4, 0.5) is 0 Å². The lowest BCUT2D eigenvalue weighted by molar-refractivity contribution is -0.181. The number of ether oxygens (including phenoxy) is 2. The zero-order valence-corrected chi connectivity index (χ0v) is 14.8. The van der Waals surface area contributed by atoms with Crippen molar-refractivity contribution in [3.8, 4) is 0 Å². The second-order valence-corrected chi connectivity index (χ2v) is 8.06. The standard InChI is InChI=1S/C19H26O6/c1-10(8-20)17(22)24-13-7-19(3)6-4-5-12(9-21)15(19)16-14(13)11(2)18(23)25-16/h9-10,12-16,20H,2,4-8H2,1,3H3/t10-,12-,13-,14+,15+,16-,19+/m0/s1. The van der Waals surface area contributed by atoms with Crippen molar-refractivity contribution in [2.45, 2.75) is 51.7 Å². The van der Waals surface area contributed by atoms with Crippen LogP contribution in [0.1, 0.15) is 39.5 Å². The van der Waals surface area contributed by atoms with Crippen LogP contribution in [0.5, 0.6) is 0 Å². The molecule has 0 aromatic rings. The van der Waals surface area contributed by atoms with Gasteiger partial charge in [-0.1, -0.05) is 19.9 Å². The van der Waals surface area contributed by atoms with Gasteiger partial charge in [0.05, 0.1) is 18.4 Å². The van der Waals surface area contributed by atoms with E-state index in [0.29, 0.717) is 12.0 Å². The molecule has 3 fully saturated rings. The molecule has 2 aliphatic carbocycles. The Balaban J connectivity index is 1.93. The Morgan fingerprint density at radius 1 is 1.56 bits per heavy atom. The number of aliphatic hydroxyl groups is 1. The lowest BCUT2D eigenvalue weighted by atomic mass is 9.53. The largest absolute Gasteiger partial charge is 0.461 e. The van der Waals surface area contributed by atoms with E-state index in [9.17, 15) is 19.5 Å². The van der Waals surface area contributed by atoms with Gasteiger partial charge in [-0.15, -0.1) is 0 Å². The summed E-state index contributed by atoms with van der Waals surface area (Å²) in [7, 11) is 0. The molecule has 2 saturated carbocycles. The number of carbonyl (C=O) groups is 3. The molecule has 0 spiro atoms. The number of hydrogen-bond acceptors (Lipinski definition) is 6. The van der Waals surface area contributed by atoms with Crippen molar-refractivity contribution in [2.75, 3.05) is 6.61 Å². The van der Waals surface area contributed by atoms with E-state index in [1.54, 1.807) is 6.92 Å². The van der Waals surface area contributed by atoms with Gasteiger partial charge in [0.1, 0.15) is 18.5 Å². The van der Waals surface area contributed by atoms with Gasteiger partial charge in [0.15, 0.2) is 0 Å². The zero-order valence-electron chi connectivity index (χ0n) is 14.8. The molecule has 6 heteroatoms. The lowest BCUT2D eigenvalue weighted by Crippen LogP contribution is -2.56. The Kier molecular flexibility index (Phi) is 4.75. The van der Waals surface area contributed by atoms with Crippen LogP contribution in [0.2, 0.25) is 0 Å². The summed E-state index contributed by atoms with van der Waals surface area (Å²) in [5, 5.41) is 9.18. The van der Waals surface area contributed by atoms with Crippen LogP contribution in [0.15, 0.2) is 12.2 Å². The highest BCUT2D eigenvalue weighted by Crippen LogP contribution is 2.58. The highest BCUT2D eigenvalue weighted by Gasteiger charge is 2.61. The summed E-state index contributed by atoms with van der Waals surface area (Å²) < 4.78 is 11.3. The summed E-state index contributed by atoms with van der Waals surface area (Å²) in [6.45, 7) is 7.25. The second kappa shape index (κ2) is 6.56. The molecule has 1 aliphatic heterocycles. The van der Waals surface area contributed by atoms with E-state index in [-0.39, 0.29) is 23.9 Å². The van der Waals surface area contributed by atoms with Gasteiger partial charge < -0.3 is 19.4 Å². The molecule has 0 amide bonds. The summed E-state index contributed by atoms with van der Waals surface area (Å²) in [4.78, 5) is 36.0. The van der Waals surface area contributed by atoms with Gasteiger partial charge in [-0.25, -0.2) is 4.79 Å². The fraction of sp³-hybridized carbons (Fsp3) is 0.737. The molecular weight excluding hydrogens is 324 g/mol. The maximum absolute atomic E-state index is 12.2. The average Bonchev–Trinajstić information content (AvgIpc) is 2.87. The van der Waals surface area contributed by atoms with Crippen molar-refractivity contribution in [3.05, 3.63) is 12.2 Å². The number of esters is 2. The van der Waals surface area contributed by atoms with E-state index in [1.807, 2.05) is 0 Å². The molecule has 138 valence electrons. The predicted molar refractivity (Wildman–Crippen MR) is 88.3 cm³/mol. The Bertz CT molecular complexity index is 599. The first-order valence-electron chi connectivity index (χ1n) is 8.99. The van der Waals surface area contributed by atoms with Gasteiger partial charge in [-0.2, -0.15) is 0 Å². The summed E-state index contributed by atoms with van der Waals surface area (Å²) in [6, 6.07) is 0. The van der Waals surface area contributed by atoms with Gasteiger partial charge in [0.25, 0.3) is 0 Å². The van der Waals surface area contributed by atoms with E-state index < -0.39 is 36.0 Å². The van der Waals surface area contributed by atoms with Crippen molar-refractivity contribution >= 4 is 18.2 Å². The first kappa shape index (κ1) is 18.1. The monoisotopic (exact) mass is 350 g/mol. The van der Waals surface area contributed by atoms with Crippen molar-refractivity contribution in [3.63, 3.8) is 0 Å². The topological polar surface area (TPSA) is 89.9 Å². The molecule has 6 nitrogen and oxygen atoms in total. The maximum atomic E-state index is 12.2. The lowest BCUT2D eigenvalue weighted by Gasteiger charge is -2.53. The highest BCUT2D eigenvalue weighted by molar-refractivity contribution is 5.91. The summed E-state index contributed by atoms with van der Waals surface area (Å²) in [6.07, 6.45) is 3.18. The molecule has 1 N–H and O–H groups in total. The van der Waals surface area contributed by atoms with Crippen molar-refractivity contribution in [1.29, 1.82) is 0 Å². The molecule has 0 aromatic carbocycles. The average molecular weight is 350 g/mol. The third-order valence-electron chi connectivity index (χ3n) is 6.35. The second-order valence-electron chi connectivity index (χ2n) is 8.06. The van der Waals surface area contributed by atoms with Crippen LogP contribution in [0.3, 0.4) is 0 Å². The Labute approximate surface area is 147 Å². The molecular formula is C19H26O6. The van der Waals surface area contributed by atoms with Gasteiger partial charge in [-0.05, 0) is 31.6 Å². The quantitative estimate of drug-likeness (QED) is 0.471. The molecule has 0 unspecified atom stereocenters. The molecule has 25 heavy (non-hydrogen) atoms. The van der Waals surface area contributed by atoms with Crippen LogP contribution in [-0.4, -0.2) is 42.1 Å². The summed E-state index contributed by atoms with van der Waals surface area (Å²) in [5.74, 6) is -2.21. The molecule has 0 bridgehead atoms. The molecule has 1 saturated heterocycles. The minimum Gasteiger partial charge on any atom is -0.461 e. The Morgan fingerprint density at radius 3 is 2.92 bits per heavy atom. The number of carbonyl (C=O) groups excluding carboxylic acids is 3. The van der Waals surface area contributed by atoms with Crippen LogP contribution >= 0.6 is 0 Å². The SMILES string of the molecule is C=C1C(=O)O[C@H]2[C@H]1[C@@H](OC(=O)[C@@H](C)CO)C[C@@]1(C)CCC[C@@H](C=O)[C@H]21. The minimum absolute atomic E-state index is 0.0721. The predicted octanol–water partition coefficient (Wildman–Crippen LogP) is 1.65. The van der Waals surface area contributed by atoms with E-state index >= 15 is 0 Å². The third-order valence-corrected chi connectivity index (χ3v) is 6.35. The number of aldehydes is 1. The van der Waals surface area contributed by atoms with Crippen LogP contribution in [0.25, 0.3) is 0 Å². The first-order chi connectivity index (χ1) is 11.8. The molecule has 3 aliphatic rings. The number of aliphatic hydroxyl groups excluding tert-OH is 1. The zero-order chi connectivity index (χ0) is 18.4. The number of fused-ring (bicyclic) bond motifs is 3. The molecule has 3 rings (SSSR count). The highest BCUT2D eigenvalue weighted by atomic mass is 16.6. The molecule has 0 aromatic heterocycles. The van der Waals surface area contributed by atoms with E-state index in [2.05, 4.69) is 13.5 Å². The van der Waals surface area contributed by atoms with Crippen LogP contribution < -0.4 is 0 Å². The Hall–Kier alpha value is -1.69. The van der Waals surface area contributed by atoms with Gasteiger partial charge >= 0.3 is 11.9 Å². The van der Waals surface area contributed by atoms with Gasteiger partial charge in [0, 0.05) is 17.4 Å². The first-order valence-corrected chi connectivity index (χ1v) is 8.99. The number of rotatable bonds is 4. The Morgan fingerprint density at radius 2 is 2.28 bits per heavy atom. The van der Waals surface area contributed by atoms with E-state index in [0.717, 1.165) is 25.5 Å². The van der Waals surface area contributed by atoms with Crippen LogP contribution in [0, 0.1) is 29.1 Å². The molecule has 7 atom stereocenters. The van der Waals surface area contributed by atoms with Gasteiger partial charge in [-0.3, -0.25) is 4.79 Å². The minimum atomic E-state index is -0.621. The molecule has 1 heterocycles. The van der Waals surface area contributed by atoms with Crippen molar-refractivity contribution in [1.82, 2.24) is 0 Å². The fourth-order valence-corrected chi connectivity index (χ4v) is 5.02. The van der Waals surface area contributed by atoms with Crippen molar-refractivity contribution < 1.29 is 29.0 Å². The normalized spacial score (nSPS) is 41.3. The maximum Gasteiger partial charge on any atom is 0.334 e. The van der Waals surface area contributed by atoms with Gasteiger partial charge in [0.2, 0.25) is 0 Å². The van der Waals surface area contributed by atoms with Crippen LogP contribution in [-0.2, 0) is 23.9 Å². The van der Waals surface area contributed by atoms with E-state index in [4.69, 9.17) is 9.47 Å². The van der Waals surface area contributed by atoms with Crippen molar-refractivity contribution in [2.24, 2.45) is 29.1 Å². The van der Waals surface area contributed by atoms with E-state index in [1.165, 1.54) is 0 Å². The fourth-order valence-electron chi connectivity index (χ4n) is 5.02. The number of hydrogen-bond donors (Lipinski definition) is 1.